The van der Waals surface area contributed by atoms with Crippen molar-refractivity contribution in [2.75, 3.05) is 0 Å². The molecule has 0 amide bonds. The SMILES string of the molecule is CCC(C)C(NN)c1ccnnc1. The fourth-order valence-corrected chi connectivity index (χ4v) is 1.31. The van der Waals surface area contributed by atoms with Crippen molar-refractivity contribution >= 4 is 0 Å². The fourth-order valence-electron chi connectivity index (χ4n) is 1.31. The first-order valence-electron chi connectivity index (χ1n) is 4.52. The quantitative estimate of drug-likeness (QED) is 0.536. The highest BCUT2D eigenvalue weighted by Crippen LogP contribution is 2.21. The summed E-state index contributed by atoms with van der Waals surface area (Å²) in [5.74, 6) is 5.98. The molecule has 0 radical (unpaired) electrons. The molecule has 0 saturated carbocycles. The second-order valence-corrected chi connectivity index (χ2v) is 3.21. The molecule has 0 saturated heterocycles. The van der Waals surface area contributed by atoms with Crippen molar-refractivity contribution in [1.82, 2.24) is 15.6 Å². The number of hydrazine groups is 1. The summed E-state index contributed by atoms with van der Waals surface area (Å²) >= 11 is 0. The largest absolute Gasteiger partial charge is 0.271 e. The van der Waals surface area contributed by atoms with Crippen LogP contribution < -0.4 is 11.3 Å². The van der Waals surface area contributed by atoms with E-state index in [0.29, 0.717) is 5.92 Å². The maximum absolute atomic E-state index is 5.48. The maximum atomic E-state index is 5.48. The highest BCUT2D eigenvalue weighted by molar-refractivity contribution is 5.11. The van der Waals surface area contributed by atoms with Gasteiger partial charge in [-0.15, -0.1) is 0 Å². The molecule has 13 heavy (non-hydrogen) atoms. The van der Waals surface area contributed by atoms with Crippen LogP contribution in [0, 0.1) is 5.92 Å². The minimum atomic E-state index is 0.167. The highest BCUT2D eigenvalue weighted by atomic mass is 15.2. The number of nitrogens with zero attached hydrogens (tertiary/aromatic N) is 2. The van der Waals surface area contributed by atoms with E-state index in [2.05, 4.69) is 29.5 Å². The van der Waals surface area contributed by atoms with Crippen molar-refractivity contribution in [3.05, 3.63) is 24.0 Å². The predicted molar refractivity (Wildman–Crippen MR) is 51.6 cm³/mol. The predicted octanol–water partition coefficient (Wildman–Crippen LogP) is 1.03. The number of hydrogen-bond donors (Lipinski definition) is 2. The molecule has 1 aromatic heterocycles. The molecule has 1 aromatic rings. The normalized spacial score (nSPS) is 15.3. The van der Waals surface area contributed by atoms with E-state index in [1.807, 2.05) is 6.07 Å². The van der Waals surface area contributed by atoms with Gasteiger partial charge in [0.2, 0.25) is 0 Å². The number of rotatable bonds is 4. The fraction of sp³-hybridized carbons (Fsp3) is 0.556. The summed E-state index contributed by atoms with van der Waals surface area (Å²) in [6, 6.07) is 2.10. The average molecular weight is 180 g/mol. The van der Waals surface area contributed by atoms with E-state index in [-0.39, 0.29) is 6.04 Å². The molecule has 0 aliphatic rings. The Balaban J connectivity index is 2.78. The highest BCUT2D eigenvalue weighted by Gasteiger charge is 2.15. The van der Waals surface area contributed by atoms with Crippen LogP contribution in [0.25, 0.3) is 0 Å². The van der Waals surface area contributed by atoms with Crippen molar-refractivity contribution < 1.29 is 0 Å². The first-order chi connectivity index (χ1) is 6.29. The molecule has 2 atom stereocenters. The molecule has 1 heterocycles. The van der Waals surface area contributed by atoms with Gasteiger partial charge in [-0.1, -0.05) is 20.3 Å². The van der Waals surface area contributed by atoms with Gasteiger partial charge >= 0.3 is 0 Å². The van der Waals surface area contributed by atoms with Crippen molar-refractivity contribution in [2.24, 2.45) is 11.8 Å². The van der Waals surface area contributed by atoms with Crippen molar-refractivity contribution in [3.63, 3.8) is 0 Å². The Kier molecular flexibility index (Phi) is 3.79. The zero-order chi connectivity index (χ0) is 9.68. The van der Waals surface area contributed by atoms with Crippen LogP contribution in [-0.4, -0.2) is 10.2 Å². The summed E-state index contributed by atoms with van der Waals surface area (Å²) in [6.07, 6.45) is 4.51. The smallest absolute Gasteiger partial charge is 0.0544 e. The van der Waals surface area contributed by atoms with Crippen LogP contribution >= 0.6 is 0 Å². The Morgan fingerprint density at radius 3 is 2.77 bits per heavy atom. The monoisotopic (exact) mass is 180 g/mol. The van der Waals surface area contributed by atoms with Gasteiger partial charge in [-0.2, -0.15) is 10.2 Å². The van der Waals surface area contributed by atoms with E-state index in [1.54, 1.807) is 12.4 Å². The van der Waals surface area contributed by atoms with Crippen LogP contribution in [0.3, 0.4) is 0 Å². The molecule has 0 fully saturated rings. The standard InChI is InChI=1S/C9H16N4/c1-3-7(2)9(13-10)8-4-5-11-12-6-8/h4-7,9,13H,3,10H2,1-2H3. The lowest BCUT2D eigenvalue weighted by atomic mass is 9.94. The summed E-state index contributed by atoms with van der Waals surface area (Å²) < 4.78 is 0. The molecule has 0 spiro atoms. The molecule has 0 aliphatic carbocycles. The van der Waals surface area contributed by atoms with Gasteiger partial charge in [0.15, 0.2) is 0 Å². The van der Waals surface area contributed by atoms with Gasteiger partial charge in [0.1, 0.15) is 0 Å². The molecule has 4 heteroatoms. The Morgan fingerprint density at radius 2 is 2.31 bits per heavy atom. The lowest BCUT2D eigenvalue weighted by Crippen LogP contribution is -2.32. The van der Waals surface area contributed by atoms with Crippen LogP contribution in [-0.2, 0) is 0 Å². The number of aromatic nitrogens is 2. The Bertz CT molecular complexity index is 237. The van der Waals surface area contributed by atoms with E-state index in [9.17, 15) is 0 Å². The minimum absolute atomic E-state index is 0.167. The molecule has 3 N–H and O–H groups in total. The third-order valence-electron chi connectivity index (χ3n) is 2.36. The molecule has 4 nitrogen and oxygen atoms in total. The first kappa shape index (κ1) is 10.1. The zero-order valence-electron chi connectivity index (χ0n) is 8.07. The number of nitrogens with two attached hydrogens (primary N) is 1. The van der Waals surface area contributed by atoms with Gasteiger partial charge in [0.05, 0.1) is 12.2 Å². The summed E-state index contributed by atoms with van der Waals surface area (Å²) in [5, 5.41) is 7.55. The third-order valence-corrected chi connectivity index (χ3v) is 2.36. The van der Waals surface area contributed by atoms with Gasteiger partial charge in [0, 0.05) is 6.20 Å². The first-order valence-corrected chi connectivity index (χ1v) is 4.52. The van der Waals surface area contributed by atoms with Crippen LogP contribution in [0.2, 0.25) is 0 Å². The van der Waals surface area contributed by atoms with Gasteiger partial charge in [-0.3, -0.25) is 11.3 Å². The minimum Gasteiger partial charge on any atom is -0.271 e. The molecule has 0 aliphatic heterocycles. The zero-order valence-corrected chi connectivity index (χ0v) is 8.07. The third kappa shape index (κ3) is 2.47. The van der Waals surface area contributed by atoms with Gasteiger partial charge < -0.3 is 0 Å². The summed E-state index contributed by atoms with van der Waals surface area (Å²) in [5.41, 5.74) is 3.89. The lowest BCUT2D eigenvalue weighted by Gasteiger charge is -2.21. The summed E-state index contributed by atoms with van der Waals surface area (Å²) in [6.45, 7) is 4.30. The molecule has 2 unspecified atom stereocenters. The Labute approximate surface area is 78.5 Å². The molecule has 0 bridgehead atoms. The van der Waals surface area contributed by atoms with E-state index in [1.165, 1.54) is 0 Å². The number of hydrogen-bond acceptors (Lipinski definition) is 4. The van der Waals surface area contributed by atoms with Gasteiger partial charge in [0.25, 0.3) is 0 Å². The van der Waals surface area contributed by atoms with Crippen molar-refractivity contribution in [1.29, 1.82) is 0 Å². The van der Waals surface area contributed by atoms with Crippen LogP contribution in [0.5, 0.6) is 0 Å². The van der Waals surface area contributed by atoms with E-state index >= 15 is 0 Å². The average Bonchev–Trinajstić information content (AvgIpc) is 2.20. The van der Waals surface area contributed by atoms with Gasteiger partial charge in [-0.05, 0) is 17.5 Å². The van der Waals surface area contributed by atoms with E-state index in [0.717, 1.165) is 12.0 Å². The molecular formula is C9H16N4. The summed E-state index contributed by atoms with van der Waals surface area (Å²) in [4.78, 5) is 0. The Morgan fingerprint density at radius 1 is 1.54 bits per heavy atom. The van der Waals surface area contributed by atoms with Gasteiger partial charge in [-0.25, -0.2) is 0 Å². The van der Waals surface area contributed by atoms with Crippen molar-refractivity contribution in [3.8, 4) is 0 Å². The van der Waals surface area contributed by atoms with Crippen LogP contribution in [0.4, 0.5) is 0 Å². The molecule has 0 aromatic carbocycles. The second kappa shape index (κ2) is 4.89. The van der Waals surface area contributed by atoms with E-state index in [4.69, 9.17) is 5.84 Å². The van der Waals surface area contributed by atoms with E-state index < -0.39 is 0 Å². The molecule has 72 valence electrons. The second-order valence-electron chi connectivity index (χ2n) is 3.21. The lowest BCUT2D eigenvalue weighted by molar-refractivity contribution is 0.381. The molecule has 1 rings (SSSR count). The van der Waals surface area contributed by atoms with Crippen LogP contribution in [0.1, 0.15) is 31.9 Å². The molecular weight excluding hydrogens is 164 g/mol. The summed E-state index contributed by atoms with van der Waals surface area (Å²) in [7, 11) is 0. The maximum Gasteiger partial charge on any atom is 0.0544 e. The topological polar surface area (TPSA) is 63.8 Å². The Hall–Kier alpha value is -1.00. The van der Waals surface area contributed by atoms with Crippen LogP contribution in [0.15, 0.2) is 18.5 Å². The number of nitrogens with one attached hydrogen (secondary N) is 1. The van der Waals surface area contributed by atoms with Crippen molar-refractivity contribution in [2.45, 2.75) is 26.3 Å².